The Morgan fingerprint density at radius 1 is 1.24 bits per heavy atom. The highest BCUT2D eigenvalue weighted by Gasteiger charge is 2.13. The van der Waals surface area contributed by atoms with Gasteiger partial charge in [0.1, 0.15) is 17.4 Å². The van der Waals surface area contributed by atoms with Crippen LogP contribution in [0.3, 0.4) is 0 Å². The average Bonchev–Trinajstić information content (AvgIpc) is 2.70. The number of ether oxygens (including phenoxy) is 2. The van der Waals surface area contributed by atoms with Gasteiger partial charge in [-0.1, -0.05) is 12.1 Å². The molecule has 1 amide bonds. The van der Waals surface area contributed by atoms with Crippen molar-refractivity contribution in [1.82, 2.24) is 0 Å². The fraction of sp³-hybridized carbons (Fsp3) is 0.217. The molecule has 0 unspecified atom stereocenters. The number of nitrogens with zero attached hydrogens (tertiary/aromatic N) is 1. The summed E-state index contributed by atoms with van der Waals surface area (Å²) in [4.78, 5) is 12.6. The molecule has 2 aromatic carbocycles. The van der Waals surface area contributed by atoms with E-state index >= 15 is 0 Å². The highest BCUT2D eigenvalue weighted by molar-refractivity contribution is 6.09. The van der Waals surface area contributed by atoms with Gasteiger partial charge in [0.05, 0.1) is 13.2 Å². The second-order valence-corrected chi connectivity index (χ2v) is 6.04. The number of phenolic OH excluding ortho intramolecular Hbond substituents is 1. The number of nitriles is 1. The Kier molecular flexibility index (Phi) is 7.87. The van der Waals surface area contributed by atoms with Crippen LogP contribution in [0.25, 0.3) is 6.08 Å². The average molecular weight is 392 g/mol. The summed E-state index contributed by atoms with van der Waals surface area (Å²) in [6.45, 7) is 8.24. The van der Waals surface area contributed by atoms with Crippen molar-refractivity contribution in [2.24, 2.45) is 0 Å². The summed E-state index contributed by atoms with van der Waals surface area (Å²) < 4.78 is 10.9. The lowest BCUT2D eigenvalue weighted by Crippen LogP contribution is -2.13. The Hall–Kier alpha value is -3.72. The zero-order valence-corrected chi connectivity index (χ0v) is 16.6. The third-order valence-electron chi connectivity index (χ3n) is 3.92. The third-order valence-corrected chi connectivity index (χ3v) is 3.92. The number of phenols is 1. The van der Waals surface area contributed by atoms with Crippen LogP contribution >= 0.6 is 0 Å². The number of allylic oxidation sites excluding steroid dienone is 1. The molecule has 2 aromatic rings. The van der Waals surface area contributed by atoms with Crippen LogP contribution < -0.4 is 14.8 Å². The Labute approximate surface area is 170 Å². The van der Waals surface area contributed by atoms with Crippen LogP contribution in [0.4, 0.5) is 5.69 Å². The minimum absolute atomic E-state index is 0.0274. The van der Waals surface area contributed by atoms with Gasteiger partial charge in [-0.15, -0.1) is 6.58 Å². The SMILES string of the molecule is C=CCc1cc(/C=C(/C#N)C(=O)Nc2cccc(OCC)c2)cc(OCC)c1O. The summed E-state index contributed by atoms with van der Waals surface area (Å²) >= 11 is 0. The molecule has 0 saturated carbocycles. The molecule has 0 fully saturated rings. The van der Waals surface area contributed by atoms with E-state index in [1.165, 1.54) is 6.08 Å². The van der Waals surface area contributed by atoms with Crippen molar-refractivity contribution >= 4 is 17.7 Å². The fourth-order valence-electron chi connectivity index (χ4n) is 2.69. The molecule has 2 N–H and O–H groups in total. The van der Waals surface area contributed by atoms with Gasteiger partial charge in [0.25, 0.3) is 5.91 Å². The number of hydrogen-bond donors (Lipinski definition) is 2. The zero-order chi connectivity index (χ0) is 21.2. The van der Waals surface area contributed by atoms with E-state index in [-0.39, 0.29) is 11.3 Å². The first-order valence-electron chi connectivity index (χ1n) is 9.27. The number of amides is 1. The lowest BCUT2D eigenvalue weighted by molar-refractivity contribution is -0.112. The van der Waals surface area contributed by atoms with Crippen molar-refractivity contribution in [2.45, 2.75) is 20.3 Å². The number of carbonyl (C=O) groups is 1. The molecule has 0 heterocycles. The van der Waals surface area contributed by atoms with Crippen LogP contribution in [-0.4, -0.2) is 24.2 Å². The maximum Gasteiger partial charge on any atom is 0.266 e. The lowest BCUT2D eigenvalue weighted by atomic mass is 10.0. The molecule has 0 aliphatic rings. The molecule has 0 atom stereocenters. The Morgan fingerprint density at radius 2 is 2.00 bits per heavy atom. The van der Waals surface area contributed by atoms with Gasteiger partial charge in [-0.3, -0.25) is 4.79 Å². The number of nitrogens with one attached hydrogen (secondary N) is 1. The molecular weight excluding hydrogens is 368 g/mol. The summed E-state index contributed by atoms with van der Waals surface area (Å²) in [6, 6.07) is 12.1. The molecule has 29 heavy (non-hydrogen) atoms. The first kappa shape index (κ1) is 21.6. The van der Waals surface area contributed by atoms with Gasteiger partial charge in [0.15, 0.2) is 11.5 Å². The topological polar surface area (TPSA) is 91.6 Å². The van der Waals surface area contributed by atoms with Gasteiger partial charge in [-0.2, -0.15) is 5.26 Å². The van der Waals surface area contributed by atoms with Gasteiger partial charge in [-0.25, -0.2) is 0 Å². The van der Waals surface area contributed by atoms with Gasteiger partial charge in [0, 0.05) is 17.3 Å². The van der Waals surface area contributed by atoms with Crippen LogP contribution in [0.5, 0.6) is 17.2 Å². The van der Waals surface area contributed by atoms with E-state index < -0.39 is 5.91 Å². The van der Waals surface area contributed by atoms with Crippen molar-refractivity contribution < 1.29 is 19.4 Å². The van der Waals surface area contributed by atoms with E-state index in [1.807, 2.05) is 13.0 Å². The molecule has 0 aliphatic carbocycles. The van der Waals surface area contributed by atoms with Crippen molar-refractivity contribution in [1.29, 1.82) is 5.26 Å². The maximum atomic E-state index is 12.6. The number of hydrogen-bond acceptors (Lipinski definition) is 5. The standard InChI is InChI=1S/C23H24N2O4/c1-4-8-17-11-16(13-21(22(17)26)29-6-3)12-18(15-24)23(27)25-19-9-7-10-20(14-19)28-5-2/h4,7,9-14,26H,1,5-6,8H2,2-3H3,(H,25,27)/b18-12-. The molecule has 6 nitrogen and oxygen atoms in total. The van der Waals surface area contributed by atoms with E-state index in [9.17, 15) is 15.2 Å². The molecule has 0 bridgehead atoms. The van der Waals surface area contributed by atoms with Crippen LogP contribution in [0, 0.1) is 11.3 Å². The highest BCUT2D eigenvalue weighted by atomic mass is 16.5. The summed E-state index contributed by atoms with van der Waals surface area (Å²) in [5.74, 6) is 0.402. The number of benzene rings is 2. The number of anilines is 1. The number of aromatic hydroxyl groups is 1. The quantitative estimate of drug-likeness (QED) is 0.373. The third kappa shape index (κ3) is 5.88. The summed E-state index contributed by atoms with van der Waals surface area (Å²) in [5, 5.41) is 22.5. The molecule has 0 aromatic heterocycles. The van der Waals surface area contributed by atoms with Gasteiger partial charge >= 0.3 is 0 Å². The van der Waals surface area contributed by atoms with Crippen molar-refractivity contribution in [3.63, 3.8) is 0 Å². The van der Waals surface area contributed by atoms with Crippen LogP contribution in [0.2, 0.25) is 0 Å². The van der Waals surface area contributed by atoms with Gasteiger partial charge in [0.2, 0.25) is 0 Å². The number of rotatable bonds is 9. The molecule has 0 radical (unpaired) electrons. The van der Waals surface area contributed by atoms with Crippen molar-refractivity contribution in [2.75, 3.05) is 18.5 Å². The second kappa shape index (κ2) is 10.6. The predicted molar refractivity (Wildman–Crippen MR) is 113 cm³/mol. The van der Waals surface area contributed by atoms with E-state index in [4.69, 9.17) is 9.47 Å². The molecule has 0 spiro atoms. The maximum absolute atomic E-state index is 12.6. The van der Waals surface area contributed by atoms with Crippen LogP contribution in [0.15, 0.2) is 54.6 Å². The first-order chi connectivity index (χ1) is 14.0. The Morgan fingerprint density at radius 3 is 2.66 bits per heavy atom. The molecular formula is C23H24N2O4. The minimum Gasteiger partial charge on any atom is -0.504 e. The summed E-state index contributed by atoms with van der Waals surface area (Å²) in [6.07, 6.45) is 3.53. The van der Waals surface area contributed by atoms with E-state index in [0.717, 1.165) is 0 Å². The second-order valence-electron chi connectivity index (χ2n) is 6.04. The minimum atomic E-state index is -0.544. The van der Waals surface area contributed by atoms with Gasteiger partial charge in [-0.05, 0) is 56.2 Å². The summed E-state index contributed by atoms with van der Waals surface area (Å²) in [5.41, 5.74) is 1.61. The Bertz CT molecular complexity index is 958. The highest BCUT2D eigenvalue weighted by Crippen LogP contribution is 2.33. The molecule has 0 aliphatic heterocycles. The smallest absolute Gasteiger partial charge is 0.266 e. The normalized spacial score (nSPS) is 10.7. The van der Waals surface area contributed by atoms with Crippen LogP contribution in [0.1, 0.15) is 25.0 Å². The number of carbonyl (C=O) groups excluding carboxylic acids is 1. The largest absolute Gasteiger partial charge is 0.504 e. The van der Waals surface area contributed by atoms with Gasteiger partial charge < -0.3 is 19.9 Å². The molecule has 6 heteroatoms. The van der Waals surface area contributed by atoms with Crippen LogP contribution in [-0.2, 0) is 11.2 Å². The van der Waals surface area contributed by atoms with Crippen molar-refractivity contribution in [3.8, 4) is 23.3 Å². The zero-order valence-electron chi connectivity index (χ0n) is 16.6. The van der Waals surface area contributed by atoms with E-state index in [2.05, 4.69) is 11.9 Å². The Balaban J connectivity index is 2.33. The first-order valence-corrected chi connectivity index (χ1v) is 9.27. The molecule has 2 rings (SSSR count). The fourth-order valence-corrected chi connectivity index (χ4v) is 2.69. The lowest BCUT2D eigenvalue weighted by Gasteiger charge is -2.11. The van der Waals surface area contributed by atoms with E-state index in [0.29, 0.717) is 47.9 Å². The monoisotopic (exact) mass is 392 g/mol. The molecule has 0 saturated heterocycles. The van der Waals surface area contributed by atoms with Crippen molar-refractivity contribution in [3.05, 3.63) is 65.8 Å². The predicted octanol–water partition coefficient (Wildman–Crippen LogP) is 4.46. The van der Waals surface area contributed by atoms with E-state index in [1.54, 1.807) is 49.4 Å². The molecule has 150 valence electrons. The summed E-state index contributed by atoms with van der Waals surface area (Å²) in [7, 11) is 0.